The summed E-state index contributed by atoms with van der Waals surface area (Å²) in [4.78, 5) is 27.8. The molecule has 0 aliphatic carbocycles. The number of benzene rings is 1. The molecule has 0 bridgehead atoms. The predicted molar refractivity (Wildman–Crippen MR) is 117 cm³/mol. The molecule has 8 heteroatoms. The molecule has 29 heavy (non-hydrogen) atoms. The fourth-order valence-corrected chi connectivity index (χ4v) is 3.89. The van der Waals surface area contributed by atoms with Gasteiger partial charge >= 0.3 is 6.03 Å². The fourth-order valence-electron chi connectivity index (χ4n) is 3.04. The summed E-state index contributed by atoms with van der Waals surface area (Å²) >= 11 is 7.62. The Morgan fingerprint density at radius 3 is 2.55 bits per heavy atom. The monoisotopic (exact) mass is 432 g/mol. The highest BCUT2D eigenvalue weighted by Gasteiger charge is 2.34. The van der Waals surface area contributed by atoms with E-state index < -0.39 is 0 Å². The van der Waals surface area contributed by atoms with Gasteiger partial charge in [0, 0.05) is 24.0 Å². The van der Waals surface area contributed by atoms with E-state index in [-0.39, 0.29) is 30.1 Å². The lowest BCUT2D eigenvalue weighted by Gasteiger charge is -2.27. The quantitative estimate of drug-likeness (QED) is 0.771. The van der Waals surface area contributed by atoms with Gasteiger partial charge in [-0.2, -0.15) is 5.10 Å². The Kier molecular flexibility index (Phi) is 6.29. The summed E-state index contributed by atoms with van der Waals surface area (Å²) in [5, 5.41) is 11.6. The Bertz CT molecular complexity index is 904. The number of thiophene rings is 1. The number of urea groups is 1. The molecule has 6 nitrogen and oxygen atoms in total. The first-order chi connectivity index (χ1) is 13.6. The van der Waals surface area contributed by atoms with E-state index in [1.807, 2.05) is 62.5 Å². The van der Waals surface area contributed by atoms with Crippen molar-refractivity contribution in [3.63, 3.8) is 0 Å². The SMILES string of the molecule is CN(CC(=O)N1N=C(c2cccs2)CC1c1ccc(Cl)cc1)C(=O)NC(C)(C)C. The average molecular weight is 433 g/mol. The minimum Gasteiger partial charge on any atom is -0.333 e. The van der Waals surface area contributed by atoms with Crippen LogP contribution < -0.4 is 5.32 Å². The maximum atomic E-state index is 13.1. The van der Waals surface area contributed by atoms with Crippen LogP contribution in [0.25, 0.3) is 0 Å². The van der Waals surface area contributed by atoms with E-state index >= 15 is 0 Å². The molecule has 2 aromatic rings. The third-order valence-electron chi connectivity index (χ3n) is 4.43. The van der Waals surface area contributed by atoms with Crippen molar-refractivity contribution >= 4 is 40.6 Å². The van der Waals surface area contributed by atoms with Crippen molar-refractivity contribution in [2.24, 2.45) is 5.10 Å². The van der Waals surface area contributed by atoms with Crippen LogP contribution in [0, 0.1) is 0 Å². The highest BCUT2D eigenvalue weighted by molar-refractivity contribution is 7.12. The molecular formula is C21H25ClN4O2S. The molecule has 1 aromatic carbocycles. The van der Waals surface area contributed by atoms with E-state index in [0.29, 0.717) is 11.4 Å². The maximum Gasteiger partial charge on any atom is 0.318 e. The largest absolute Gasteiger partial charge is 0.333 e. The van der Waals surface area contributed by atoms with Crippen molar-refractivity contribution in [1.82, 2.24) is 15.2 Å². The van der Waals surface area contributed by atoms with Crippen LogP contribution in [0.2, 0.25) is 5.02 Å². The number of carbonyl (C=O) groups excluding carboxylic acids is 2. The molecule has 0 saturated heterocycles. The number of hydrogen-bond donors (Lipinski definition) is 1. The van der Waals surface area contributed by atoms with E-state index in [0.717, 1.165) is 16.2 Å². The van der Waals surface area contributed by atoms with Gasteiger partial charge < -0.3 is 10.2 Å². The van der Waals surface area contributed by atoms with Crippen LogP contribution in [-0.4, -0.2) is 46.7 Å². The number of likely N-dealkylation sites (N-methyl/N-ethyl adjacent to an activating group) is 1. The summed E-state index contributed by atoms with van der Waals surface area (Å²) in [5.41, 5.74) is 1.45. The second-order valence-electron chi connectivity index (χ2n) is 8.07. The van der Waals surface area contributed by atoms with Crippen LogP contribution in [0.1, 0.15) is 43.7 Å². The van der Waals surface area contributed by atoms with E-state index in [9.17, 15) is 9.59 Å². The summed E-state index contributed by atoms with van der Waals surface area (Å²) < 4.78 is 0. The number of amides is 3. The standard InChI is InChI=1S/C21H25ClN4O2S/c1-21(2,3)23-20(28)25(4)13-19(27)26-17(14-7-9-15(22)10-8-14)12-16(24-26)18-6-5-11-29-18/h5-11,17H,12-13H2,1-4H3,(H,23,28). The normalized spacial score (nSPS) is 16.5. The minimum absolute atomic E-state index is 0.0623. The van der Waals surface area contributed by atoms with Crippen molar-refractivity contribution in [3.8, 4) is 0 Å². The Morgan fingerprint density at radius 1 is 1.28 bits per heavy atom. The van der Waals surface area contributed by atoms with Crippen molar-refractivity contribution in [3.05, 3.63) is 57.2 Å². The molecule has 3 rings (SSSR count). The number of rotatable bonds is 4. The average Bonchev–Trinajstić information content (AvgIpc) is 3.30. The summed E-state index contributed by atoms with van der Waals surface area (Å²) in [6.07, 6.45) is 0.617. The molecule has 0 fully saturated rings. The molecule has 1 N–H and O–H groups in total. The number of halogens is 1. The van der Waals surface area contributed by atoms with Gasteiger partial charge in [-0.3, -0.25) is 4.79 Å². The summed E-state index contributed by atoms with van der Waals surface area (Å²) in [5.74, 6) is -0.233. The number of carbonyl (C=O) groups is 2. The summed E-state index contributed by atoms with van der Waals surface area (Å²) in [6, 6.07) is 10.9. The summed E-state index contributed by atoms with van der Waals surface area (Å²) in [6.45, 7) is 5.63. The summed E-state index contributed by atoms with van der Waals surface area (Å²) in [7, 11) is 1.61. The molecule has 1 aliphatic rings. The van der Waals surface area contributed by atoms with Crippen LogP contribution in [-0.2, 0) is 4.79 Å². The number of nitrogens with zero attached hydrogens (tertiary/aromatic N) is 3. The molecule has 1 atom stereocenters. The van der Waals surface area contributed by atoms with Gasteiger partial charge in [0.1, 0.15) is 6.54 Å². The predicted octanol–water partition coefficient (Wildman–Crippen LogP) is 4.52. The Balaban J connectivity index is 1.80. The van der Waals surface area contributed by atoms with Gasteiger partial charge in [0.2, 0.25) is 0 Å². The highest BCUT2D eigenvalue weighted by atomic mass is 35.5. The number of hydrogen-bond acceptors (Lipinski definition) is 4. The molecule has 0 spiro atoms. The van der Waals surface area contributed by atoms with Crippen LogP contribution >= 0.6 is 22.9 Å². The van der Waals surface area contributed by atoms with Gasteiger partial charge in [0.15, 0.2) is 0 Å². The number of nitrogens with one attached hydrogen (secondary N) is 1. The van der Waals surface area contributed by atoms with E-state index in [4.69, 9.17) is 11.6 Å². The zero-order valence-electron chi connectivity index (χ0n) is 17.0. The van der Waals surface area contributed by atoms with Crippen LogP contribution in [0.3, 0.4) is 0 Å². The van der Waals surface area contributed by atoms with Gasteiger partial charge in [0.05, 0.1) is 16.6 Å². The first kappa shape index (κ1) is 21.3. The maximum absolute atomic E-state index is 13.1. The Hall–Kier alpha value is -2.38. The van der Waals surface area contributed by atoms with Crippen molar-refractivity contribution in [1.29, 1.82) is 0 Å². The lowest BCUT2D eigenvalue weighted by molar-refractivity contribution is -0.133. The highest BCUT2D eigenvalue weighted by Crippen LogP contribution is 2.34. The van der Waals surface area contributed by atoms with Gasteiger partial charge in [-0.05, 0) is 49.9 Å². The molecule has 1 aromatic heterocycles. The van der Waals surface area contributed by atoms with E-state index in [2.05, 4.69) is 10.4 Å². The van der Waals surface area contributed by atoms with Crippen LogP contribution in [0.15, 0.2) is 46.9 Å². The lowest BCUT2D eigenvalue weighted by Crippen LogP contribution is -2.49. The number of hydrazone groups is 1. The molecular weight excluding hydrogens is 408 g/mol. The second-order valence-corrected chi connectivity index (χ2v) is 9.45. The zero-order valence-corrected chi connectivity index (χ0v) is 18.5. The molecule has 1 aliphatic heterocycles. The van der Waals surface area contributed by atoms with Gasteiger partial charge in [-0.15, -0.1) is 11.3 Å². The molecule has 2 heterocycles. The molecule has 0 radical (unpaired) electrons. The second kappa shape index (κ2) is 8.55. The fraction of sp³-hybridized carbons (Fsp3) is 0.381. The third-order valence-corrected chi connectivity index (χ3v) is 5.60. The Morgan fingerprint density at radius 2 is 1.97 bits per heavy atom. The van der Waals surface area contributed by atoms with Crippen molar-refractivity contribution < 1.29 is 9.59 Å². The van der Waals surface area contributed by atoms with Crippen molar-refractivity contribution in [2.45, 2.75) is 38.8 Å². The topological polar surface area (TPSA) is 65.0 Å². The Labute approximate surface area is 180 Å². The molecule has 1 unspecified atom stereocenters. The minimum atomic E-state index is -0.377. The van der Waals surface area contributed by atoms with E-state index in [1.54, 1.807) is 18.4 Å². The molecule has 154 valence electrons. The molecule has 0 saturated carbocycles. The molecule has 3 amide bonds. The van der Waals surface area contributed by atoms with Gasteiger partial charge in [-0.1, -0.05) is 29.8 Å². The third kappa shape index (κ3) is 5.36. The van der Waals surface area contributed by atoms with E-state index in [1.165, 1.54) is 9.91 Å². The van der Waals surface area contributed by atoms with Gasteiger partial charge in [0.25, 0.3) is 5.91 Å². The first-order valence-corrected chi connectivity index (χ1v) is 10.6. The zero-order chi connectivity index (χ0) is 21.2. The smallest absolute Gasteiger partial charge is 0.318 e. The van der Waals surface area contributed by atoms with Crippen LogP contribution in [0.4, 0.5) is 4.79 Å². The van der Waals surface area contributed by atoms with Crippen LogP contribution in [0.5, 0.6) is 0 Å². The lowest BCUT2D eigenvalue weighted by atomic mass is 10.0. The van der Waals surface area contributed by atoms with Gasteiger partial charge in [-0.25, -0.2) is 9.80 Å². The van der Waals surface area contributed by atoms with Crippen molar-refractivity contribution in [2.75, 3.05) is 13.6 Å². The first-order valence-electron chi connectivity index (χ1n) is 9.36.